The van der Waals surface area contributed by atoms with E-state index in [0.29, 0.717) is 5.82 Å². The number of aryl methyl sites for hydroxylation is 1. The van der Waals surface area contributed by atoms with Gasteiger partial charge in [-0.25, -0.2) is 4.79 Å². The number of tetrazole rings is 1. The first-order chi connectivity index (χ1) is 12.3. The second kappa shape index (κ2) is 7.41. The summed E-state index contributed by atoms with van der Waals surface area (Å²) in [6.45, 7) is 11.9. The molecule has 0 radical (unpaired) electrons. The number of anilines is 1. The molecule has 26 heavy (non-hydrogen) atoms. The van der Waals surface area contributed by atoms with E-state index in [1.807, 2.05) is 36.1 Å². The Kier molecular flexibility index (Phi) is 5.22. The molecule has 0 bridgehead atoms. The van der Waals surface area contributed by atoms with Crippen molar-refractivity contribution in [2.45, 2.75) is 39.7 Å². The summed E-state index contributed by atoms with van der Waals surface area (Å²) in [6.07, 6.45) is 0.981. The molecule has 0 saturated carbocycles. The van der Waals surface area contributed by atoms with Gasteiger partial charge < -0.3 is 10.2 Å². The SMILES string of the molecule is Cc1nnnn1-c1cccc(NC(=O)N2CCCN(C(C)(C)C)CC2)c1. The fraction of sp³-hybridized carbons (Fsp3) is 0.556. The number of hydrogen-bond donors (Lipinski definition) is 1. The van der Waals surface area contributed by atoms with Crippen molar-refractivity contribution in [2.24, 2.45) is 0 Å². The van der Waals surface area contributed by atoms with E-state index in [0.717, 1.165) is 44.0 Å². The van der Waals surface area contributed by atoms with Gasteiger partial charge in [-0.1, -0.05) is 6.07 Å². The summed E-state index contributed by atoms with van der Waals surface area (Å²) in [5, 5.41) is 14.5. The van der Waals surface area contributed by atoms with Crippen molar-refractivity contribution in [1.82, 2.24) is 30.0 Å². The fourth-order valence-corrected chi connectivity index (χ4v) is 3.18. The van der Waals surface area contributed by atoms with Crippen LogP contribution >= 0.6 is 0 Å². The zero-order valence-corrected chi connectivity index (χ0v) is 15.9. The highest BCUT2D eigenvalue weighted by atomic mass is 16.2. The number of carbonyl (C=O) groups excluding carboxylic acids is 1. The molecule has 2 amide bonds. The van der Waals surface area contributed by atoms with Gasteiger partial charge in [0.05, 0.1) is 5.69 Å². The van der Waals surface area contributed by atoms with Crippen molar-refractivity contribution in [3.63, 3.8) is 0 Å². The average Bonchev–Trinajstić information content (AvgIpc) is 2.85. The summed E-state index contributed by atoms with van der Waals surface area (Å²) in [5.41, 5.74) is 1.68. The molecule has 1 aromatic carbocycles. The number of benzene rings is 1. The Hall–Kier alpha value is -2.48. The molecule has 1 fully saturated rings. The number of carbonyl (C=O) groups is 1. The smallest absolute Gasteiger partial charge is 0.321 e. The van der Waals surface area contributed by atoms with E-state index >= 15 is 0 Å². The maximum Gasteiger partial charge on any atom is 0.321 e. The Bertz CT molecular complexity index is 765. The molecular formula is C18H27N7O. The molecule has 1 N–H and O–H groups in total. The highest BCUT2D eigenvalue weighted by Gasteiger charge is 2.25. The fourth-order valence-electron chi connectivity index (χ4n) is 3.18. The third kappa shape index (κ3) is 4.19. The first-order valence-corrected chi connectivity index (χ1v) is 9.01. The summed E-state index contributed by atoms with van der Waals surface area (Å²) in [6, 6.07) is 7.48. The molecule has 0 aliphatic carbocycles. The van der Waals surface area contributed by atoms with Crippen LogP contribution in [0.4, 0.5) is 10.5 Å². The predicted molar refractivity (Wildman–Crippen MR) is 100 cm³/mol. The third-order valence-electron chi connectivity index (χ3n) is 4.70. The molecule has 2 aromatic rings. The molecule has 3 rings (SSSR count). The van der Waals surface area contributed by atoms with Crippen LogP contribution in [0.25, 0.3) is 5.69 Å². The van der Waals surface area contributed by atoms with Crippen molar-refractivity contribution >= 4 is 11.7 Å². The van der Waals surface area contributed by atoms with Gasteiger partial charge in [0.15, 0.2) is 5.82 Å². The highest BCUT2D eigenvalue weighted by molar-refractivity contribution is 5.89. The Morgan fingerprint density at radius 1 is 1.15 bits per heavy atom. The largest absolute Gasteiger partial charge is 0.323 e. The second-order valence-corrected chi connectivity index (χ2v) is 7.62. The van der Waals surface area contributed by atoms with E-state index in [1.165, 1.54) is 0 Å². The summed E-state index contributed by atoms with van der Waals surface area (Å²) in [7, 11) is 0. The van der Waals surface area contributed by atoms with E-state index in [-0.39, 0.29) is 11.6 Å². The van der Waals surface area contributed by atoms with Crippen molar-refractivity contribution in [2.75, 3.05) is 31.5 Å². The van der Waals surface area contributed by atoms with E-state index < -0.39 is 0 Å². The lowest BCUT2D eigenvalue weighted by atomic mass is 10.1. The Morgan fingerprint density at radius 3 is 2.65 bits per heavy atom. The van der Waals surface area contributed by atoms with Gasteiger partial charge in [0.2, 0.25) is 0 Å². The molecule has 8 nitrogen and oxygen atoms in total. The topological polar surface area (TPSA) is 79.2 Å². The quantitative estimate of drug-likeness (QED) is 0.892. The molecule has 1 aliphatic heterocycles. The Labute approximate surface area is 154 Å². The van der Waals surface area contributed by atoms with E-state index in [1.54, 1.807) is 4.68 Å². The van der Waals surface area contributed by atoms with Crippen molar-refractivity contribution in [3.8, 4) is 5.69 Å². The van der Waals surface area contributed by atoms with Crippen LogP contribution in [0.1, 0.15) is 33.0 Å². The molecule has 1 aromatic heterocycles. The number of urea groups is 1. The number of nitrogens with zero attached hydrogens (tertiary/aromatic N) is 6. The minimum absolute atomic E-state index is 0.0636. The van der Waals surface area contributed by atoms with E-state index in [9.17, 15) is 4.79 Å². The molecule has 0 atom stereocenters. The molecule has 0 spiro atoms. The van der Waals surface area contributed by atoms with Crippen LogP contribution in [0.2, 0.25) is 0 Å². The van der Waals surface area contributed by atoms with Gasteiger partial charge in [-0.3, -0.25) is 4.90 Å². The number of rotatable bonds is 2. The normalized spacial score (nSPS) is 16.4. The minimum atomic E-state index is -0.0636. The van der Waals surface area contributed by atoms with Gasteiger partial charge in [-0.05, 0) is 62.7 Å². The highest BCUT2D eigenvalue weighted by Crippen LogP contribution is 2.18. The van der Waals surface area contributed by atoms with Crippen LogP contribution in [0.15, 0.2) is 24.3 Å². The lowest BCUT2D eigenvalue weighted by Gasteiger charge is -2.34. The molecule has 8 heteroatoms. The molecule has 140 valence electrons. The van der Waals surface area contributed by atoms with Crippen LogP contribution in [-0.2, 0) is 0 Å². The summed E-state index contributed by atoms with van der Waals surface area (Å²) in [5.74, 6) is 0.697. The van der Waals surface area contributed by atoms with Gasteiger partial charge in [0.1, 0.15) is 0 Å². The lowest BCUT2D eigenvalue weighted by Crippen LogP contribution is -2.44. The number of nitrogens with one attached hydrogen (secondary N) is 1. The van der Waals surface area contributed by atoms with Gasteiger partial charge >= 0.3 is 6.03 Å². The number of aromatic nitrogens is 4. The van der Waals surface area contributed by atoms with Gasteiger partial charge in [-0.15, -0.1) is 5.10 Å². The Morgan fingerprint density at radius 2 is 1.96 bits per heavy atom. The first kappa shape index (κ1) is 18.3. The minimum Gasteiger partial charge on any atom is -0.323 e. The number of hydrogen-bond acceptors (Lipinski definition) is 5. The zero-order valence-electron chi connectivity index (χ0n) is 15.9. The van der Waals surface area contributed by atoms with E-state index in [2.05, 4.69) is 46.5 Å². The summed E-state index contributed by atoms with van der Waals surface area (Å²) in [4.78, 5) is 17.0. The molecule has 0 unspecified atom stereocenters. The predicted octanol–water partition coefficient (Wildman–Crippen LogP) is 2.31. The Balaban J connectivity index is 1.66. The summed E-state index contributed by atoms with van der Waals surface area (Å²) < 4.78 is 1.64. The van der Waals surface area contributed by atoms with Crippen LogP contribution < -0.4 is 5.32 Å². The zero-order chi connectivity index (χ0) is 18.7. The van der Waals surface area contributed by atoms with Gasteiger partial charge in [0, 0.05) is 37.4 Å². The number of amides is 2. The van der Waals surface area contributed by atoms with Crippen molar-refractivity contribution < 1.29 is 4.79 Å². The summed E-state index contributed by atoms with van der Waals surface area (Å²) >= 11 is 0. The average molecular weight is 357 g/mol. The standard InChI is InChI=1S/C18H27N7O/c1-14-20-21-22-25(14)16-8-5-7-15(13-16)19-17(26)23-9-6-10-24(12-11-23)18(2,3)4/h5,7-8,13H,6,9-12H2,1-4H3,(H,19,26). The van der Waals surface area contributed by atoms with Crippen LogP contribution in [-0.4, -0.2) is 67.8 Å². The van der Waals surface area contributed by atoms with Crippen molar-refractivity contribution in [3.05, 3.63) is 30.1 Å². The maximum atomic E-state index is 12.7. The molecule has 1 aliphatic rings. The molecule has 2 heterocycles. The van der Waals surface area contributed by atoms with Crippen LogP contribution in [0, 0.1) is 6.92 Å². The third-order valence-corrected chi connectivity index (χ3v) is 4.70. The van der Waals surface area contributed by atoms with Crippen LogP contribution in [0.5, 0.6) is 0 Å². The molecular weight excluding hydrogens is 330 g/mol. The molecule has 1 saturated heterocycles. The lowest BCUT2D eigenvalue weighted by molar-refractivity contribution is 0.142. The first-order valence-electron chi connectivity index (χ1n) is 9.01. The maximum absolute atomic E-state index is 12.7. The van der Waals surface area contributed by atoms with Crippen molar-refractivity contribution in [1.29, 1.82) is 0 Å². The van der Waals surface area contributed by atoms with Gasteiger partial charge in [-0.2, -0.15) is 4.68 Å². The van der Waals surface area contributed by atoms with Gasteiger partial charge in [0.25, 0.3) is 0 Å². The second-order valence-electron chi connectivity index (χ2n) is 7.62. The van der Waals surface area contributed by atoms with Crippen LogP contribution in [0.3, 0.4) is 0 Å². The monoisotopic (exact) mass is 357 g/mol. The van der Waals surface area contributed by atoms with E-state index in [4.69, 9.17) is 0 Å².